The summed E-state index contributed by atoms with van der Waals surface area (Å²) in [5.74, 6) is 1.73. The average molecular weight is 225 g/mol. The fourth-order valence-electron chi connectivity index (χ4n) is 1.27. The highest BCUT2D eigenvalue weighted by molar-refractivity contribution is 5.50. The molecule has 0 radical (unpaired) electrons. The van der Waals surface area contributed by atoms with Crippen molar-refractivity contribution in [2.45, 2.75) is 12.8 Å². The first-order valence-corrected chi connectivity index (χ1v) is 5.31. The highest BCUT2D eigenvalue weighted by Gasteiger charge is 1.99. The molecule has 0 bridgehead atoms. The minimum Gasteiger partial charge on any atom is -0.385 e. The van der Waals surface area contributed by atoms with Crippen LogP contribution in [0.1, 0.15) is 12.8 Å². The molecule has 0 fully saturated rings. The summed E-state index contributed by atoms with van der Waals surface area (Å²) in [4.78, 5) is 8.09. The molecule has 0 atom stereocenters. The molecule has 0 unspecified atom stereocenters. The van der Waals surface area contributed by atoms with Crippen molar-refractivity contribution in [3.63, 3.8) is 0 Å². The zero-order chi connectivity index (χ0) is 11.8. The van der Waals surface area contributed by atoms with Gasteiger partial charge >= 0.3 is 0 Å². The molecule has 4 N–H and O–H groups in total. The van der Waals surface area contributed by atoms with Crippen molar-refractivity contribution in [3.05, 3.63) is 6.07 Å². The second-order valence-corrected chi connectivity index (χ2v) is 3.37. The zero-order valence-electron chi connectivity index (χ0n) is 9.79. The molecule has 0 spiro atoms. The van der Waals surface area contributed by atoms with Gasteiger partial charge < -0.3 is 21.1 Å². The molecule has 0 saturated heterocycles. The Bertz CT molecular complexity index is 318. The Morgan fingerprint density at radius 1 is 1.31 bits per heavy atom. The van der Waals surface area contributed by atoms with Crippen LogP contribution in [0.15, 0.2) is 6.07 Å². The summed E-state index contributed by atoms with van der Waals surface area (Å²) in [7, 11) is 3.50. The number of nitrogens with two attached hydrogens (primary N) is 1. The third kappa shape index (κ3) is 4.31. The van der Waals surface area contributed by atoms with E-state index in [2.05, 4.69) is 20.6 Å². The van der Waals surface area contributed by atoms with E-state index in [1.54, 1.807) is 14.2 Å². The number of hydrogen-bond donors (Lipinski definition) is 3. The van der Waals surface area contributed by atoms with Gasteiger partial charge in [-0.25, -0.2) is 0 Å². The second kappa shape index (κ2) is 6.84. The molecule has 16 heavy (non-hydrogen) atoms. The van der Waals surface area contributed by atoms with E-state index in [0.29, 0.717) is 5.82 Å². The van der Waals surface area contributed by atoms with Crippen LogP contribution in [0, 0.1) is 0 Å². The van der Waals surface area contributed by atoms with Crippen LogP contribution in [0.5, 0.6) is 0 Å². The number of rotatable bonds is 7. The van der Waals surface area contributed by atoms with Crippen molar-refractivity contribution in [2.75, 3.05) is 43.7 Å². The lowest BCUT2D eigenvalue weighted by molar-refractivity contribution is 0.194. The van der Waals surface area contributed by atoms with Gasteiger partial charge in [-0.15, -0.1) is 0 Å². The van der Waals surface area contributed by atoms with Crippen LogP contribution in [-0.2, 0) is 4.74 Å². The van der Waals surface area contributed by atoms with Gasteiger partial charge in [0.25, 0.3) is 0 Å². The van der Waals surface area contributed by atoms with Crippen LogP contribution < -0.4 is 16.4 Å². The highest BCUT2D eigenvalue weighted by atomic mass is 16.5. The van der Waals surface area contributed by atoms with Crippen molar-refractivity contribution < 1.29 is 4.74 Å². The van der Waals surface area contributed by atoms with E-state index in [1.165, 1.54) is 0 Å². The molecule has 0 amide bonds. The van der Waals surface area contributed by atoms with Crippen molar-refractivity contribution in [3.8, 4) is 0 Å². The normalized spacial score (nSPS) is 10.1. The quantitative estimate of drug-likeness (QED) is 0.599. The molecule has 1 aromatic rings. The molecule has 0 aliphatic carbocycles. The van der Waals surface area contributed by atoms with Gasteiger partial charge in [0.2, 0.25) is 5.95 Å². The standard InChI is InChI=1S/C10H19N5O/c1-12-8-7-9(15-10(11)14-8)13-5-3-4-6-16-2/h7H,3-6H2,1-2H3,(H4,11,12,13,14,15). The molecule has 6 heteroatoms. The Morgan fingerprint density at radius 2 is 2.06 bits per heavy atom. The first-order chi connectivity index (χ1) is 7.76. The van der Waals surface area contributed by atoms with Gasteiger partial charge in [-0.3, -0.25) is 0 Å². The fraction of sp³-hybridized carbons (Fsp3) is 0.600. The summed E-state index contributed by atoms with van der Waals surface area (Å²) in [5, 5.41) is 6.12. The molecule has 1 heterocycles. The number of aromatic nitrogens is 2. The number of methoxy groups -OCH3 is 1. The molecule has 0 aliphatic heterocycles. The van der Waals surface area contributed by atoms with Crippen LogP contribution in [0.4, 0.5) is 17.6 Å². The Morgan fingerprint density at radius 3 is 2.75 bits per heavy atom. The minimum atomic E-state index is 0.270. The summed E-state index contributed by atoms with van der Waals surface area (Å²) in [6.45, 7) is 1.64. The summed E-state index contributed by atoms with van der Waals surface area (Å²) >= 11 is 0. The van der Waals surface area contributed by atoms with E-state index >= 15 is 0 Å². The third-order valence-corrected chi connectivity index (χ3v) is 2.08. The molecule has 1 aromatic heterocycles. The second-order valence-electron chi connectivity index (χ2n) is 3.37. The maximum Gasteiger partial charge on any atom is 0.223 e. The van der Waals surface area contributed by atoms with Crippen molar-refractivity contribution >= 4 is 17.6 Å². The average Bonchev–Trinajstić information content (AvgIpc) is 2.28. The van der Waals surface area contributed by atoms with Crippen LogP contribution in [-0.4, -0.2) is 37.3 Å². The number of nitrogens with zero attached hydrogens (tertiary/aromatic N) is 2. The number of unbranched alkanes of at least 4 members (excludes halogenated alkanes) is 1. The predicted octanol–water partition coefficient (Wildman–Crippen LogP) is 0.939. The lowest BCUT2D eigenvalue weighted by Crippen LogP contribution is -2.08. The first-order valence-electron chi connectivity index (χ1n) is 5.31. The topological polar surface area (TPSA) is 85.1 Å². The van der Waals surface area contributed by atoms with Crippen molar-refractivity contribution in [1.29, 1.82) is 0 Å². The van der Waals surface area contributed by atoms with E-state index in [9.17, 15) is 0 Å². The number of nitrogens with one attached hydrogen (secondary N) is 2. The largest absolute Gasteiger partial charge is 0.385 e. The zero-order valence-corrected chi connectivity index (χ0v) is 9.79. The van der Waals surface area contributed by atoms with E-state index in [-0.39, 0.29) is 5.95 Å². The van der Waals surface area contributed by atoms with Crippen LogP contribution in [0.25, 0.3) is 0 Å². The molecular weight excluding hydrogens is 206 g/mol. The summed E-state index contributed by atoms with van der Waals surface area (Å²) in [6.07, 6.45) is 2.07. The monoisotopic (exact) mass is 225 g/mol. The SMILES string of the molecule is CNc1cc(NCCCCOC)nc(N)n1. The smallest absolute Gasteiger partial charge is 0.223 e. The van der Waals surface area contributed by atoms with Gasteiger partial charge in [-0.2, -0.15) is 9.97 Å². The molecular formula is C10H19N5O. The van der Waals surface area contributed by atoms with Gasteiger partial charge in [0.15, 0.2) is 0 Å². The van der Waals surface area contributed by atoms with E-state index in [4.69, 9.17) is 10.5 Å². The van der Waals surface area contributed by atoms with E-state index in [1.807, 2.05) is 6.07 Å². The number of hydrogen-bond acceptors (Lipinski definition) is 6. The maximum absolute atomic E-state index is 5.56. The molecule has 0 aromatic carbocycles. The molecule has 90 valence electrons. The Balaban J connectivity index is 2.38. The molecule has 0 saturated carbocycles. The summed E-state index contributed by atoms with van der Waals surface area (Å²) in [5.41, 5.74) is 5.56. The summed E-state index contributed by atoms with van der Waals surface area (Å²) in [6, 6.07) is 1.83. The first kappa shape index (κ1) is 12.5. The fourth-order valence-corrected chi connectivity index (χ4v) is 1.27. The Labute approximate surface area is 95.6 Å². The Hall–Kier alpha value is -1.56. The molecule has 0 aliphatic rings. The number of ether oxygens (including phenoxy) is 1. The Kier molecular flexibility index (Phi) is 5.35. The highest BCUT2D eigenvalue weighted by Crippen LogP contribution is 2.11. The van der Waals surface area contributed by atoms with Crippen LogP contribution in [0.3, 0.4) is 0 Å². The molecule has 6 nitrogen and oxygen atoms in total. The number of nitrogen functional groups attached to an aromatic ring is 1. The van der Waals surface area contributed by atoms with Gasteiger partial charge in [-0.05, 0) is 12.8 Å². The van der Waals surface area contributed by atoms with Gasteiger partial charge in [0, 0.05) is 33.4 Å². The number of anilines is 3. The van der Waals surface area contributed by atoms with Gasteiger partial charge in [0.1, 0.15) is 11.6 Å². The summed E-state index contributed by atoms with van der Waals surface area (Å²) < 4.78 is 4.97. The lowest BCUT2D eigenvalue weighted by Gasteiger charge is -2.07. The predicted molar refractivity (Wildman–Crippen MR) is 65.6 cm³/mol. The lowest BCUT2D eigenvalue weighted by atomic mass is 10.3. The van der Waals surface area contributed by atoms with Crippen LogP contribution >= 0.6 is 0 Å². The molecule has 1 rings (SSSR count). The van der Waals surface area contributed by atoms with Gasteiger partial charge in [0.05, 0.1) is 0 Å². The van der Waals surface area contributed by atoms with Crippen molar-refractivity contribution in [1.82, 2.24) is 9.97 Å². The van der Waals surface area contributed by atoms with E-state index < -0.39 is 0 Å². The van der Waals surface area contributed by atoms with Crippen molar-refractivity contribution in [2.24, 2.45) is 0 Å². The maximum atomic E-state index is 5.56. The van der Waals surface area contributed by atoms with Gasteiger partial charge in [-0.1, -0.05) is 0 Å². The van der Waals surface area contributed by atoms with Crippen LogP contribution in [0.2, 0.25) is 0 Å². The minimum absolute atomic E-state index is 0.270. The van der Waals surface area contributed by atoms with E-state index in [0.717, 1.165) is 31.8 Å². The third-order valence-electron chi connectivity index (χ3n) is 2.08.